The molecule has 7 nitrogen and oxygen atoms in total. The maximum Gasteiger partial charge on any atom is 0.324 e. The third kappa shape index (κ3) is 3.06. The topological polar surface area (TPSA) is 89.5 Å². The van der Waals surface area contributed by atoms with E-state index in [9.17, 15) is 14.9 Å². The van der Waals surface area contributed by atoms with E-state index < -0.39 is 10.8 Å². The molecule has 8 heteroatoms. The van der Waals surface area contributed by atoms with E-state index in [1.165, 1.54) is 11.4 Å². The number of imidazole rings is 1. The van der Waals surface area contributed by atoms with E-state index in [4.69, 9.17) is 4.98 Å². The highest BCUT2D eigenvalue weighted by atomic mass is 32.1. The van der Waals surface area contributed by atoms with Gasteiger partial charge in [0.15, 0.2) is 0 Å². The summed E-state index contributed by atoms with van der Waals surface area (Å²) < 4.78 is 1.82. The van der Waals surface area contributed by atoms with Crippen LogP contribution in [0.3, 0.4) is 0 Å². The Morgan fingerprint density at radius 1 is 1.22 bits per heavy atom. The van der Waals surface area contributed by atoms with Gasteiger partial charge in [0.25, 0.3) is 5.91 Å². The highest BCUT2D eigenvalue weighted by molar-refractivity contribution is 7.13. The molecule has 0 bridgehead atoms. The molecule has 4 aromatic rings. The average molecular weight is 378 g/mol. The van der Waals surface area contributed by atoms with Crippen molar-refractivity contribution in [3.63, 3.8) is 0 Å². The first kappa shape index (κ1) is 16.9. The zero-order valence-corrected chi connectivity index (χ0v) is 15.1. The molecule has 0 atom stereocenters. The Morgan fingerprint density at radius 3 is 2.70 bits per heavy atom. The first-order chi connectivity index (χ1) is 13.0. The molecule has 0 unspecified atom stereocenters. The van der Waals surface area contributed by atoms with E-state index in [0.717, 1.165) is 28.1 Å². The predicted octanol–water partition coefficient (Wildman–Crippen LogP) is 4.53. The van der Waals surface area contributed by atoms with E-state index in [1.54, 1.807) is 0 Å². The fourth-order valence-electron chi connectivity index (χ4n) is 2.84. The highest BCUT2D eigenvalue weighted by Crippen LogP contribution is 2.31. The second-order valence-corrected chi connectivity index (χ2v) is 6.83. The number of hydrogen-bond donors (Lipinski definition) is 1. The van der Waals surface area contributed by atoms with Crippen LogP contribution in [0.5, 0.6) is 0 Å². The molecule has 1 amide bonds. The summed E-state index contributed by atoms with van der Waals surface area (Å²) in [4.78, 5) is 27.8. The summed E-state index contributed by atoms with van der Waals surface area (Å²) in [6.45, 7) is 1.95. The molecule has 4 rings (SSSR count). The molecule has 0 radical (unpaired) electrons. The Kier molecular flexibility index (Phi) is 4.17. The number of pyridine rings is 1. The zero-order chi connectivity index (χ0) is 19.0. The molecule has 134 valence electrons. The lowest BCUT2D eigenvalue weighted by Gasteiger charge is -2.07. The molecule has 0 saturated heterocycles. The van der Waals surface area contributed by atoms with E-state index in [1.807, 2.05) is 60.0 Å². The second kappa shape index (κ2) is 6.65. The van der Waals surface area contributed by atoms with E-state index in [-0.39, 0.29) is 10.6 Å². The van der Waals surface area contributed by atoms with E-state index >= 15 is 0 Å². The quantitative estimate of drug-likeness (QED) is 0.417. The van der Waals surface area contributed by atoms with Gasteiger partial charge in [0.05, 0.1) is 10.5 Å². The summed E-state index contributed by atoms with van der Waals surface area (Å²) >= 11 is 0.923. The lowest BCUT2D eigenvalue weighted by molar-refractivity contribution is -0.380. The van der Waals surface area contributed by atoms with Gasteiger partial charge in [-0.15, -0.1) is 0 Å². The SMILES string of the molecule is Cc1cccn2c(NC(=O)c3csc([N+](=O)[O-])c3)c(-c3ccccc3)nc12. The largest absolute Gasteiger partial charge is 0.324 e. The van der Waals surface area contributed by atoms with Gasteiger partial charge in [-0.05, 0) is 18.6 Å². The Bertz CT molecular complexity index is 1160. The number of nitrogens with zero attached hydrogens (tertiary/aromatic N) is 3. The van der Waals surface area contributed by atoms with Crippen molar-refractivity contribution in [2.75, 3.05) is 5.32 Å². The molecule has 0 saturated carbocycles. The number of anilines is 1. The van der Waals surface area contributed by atoms with Crippen LogP contribution in [0.25, 0.3) is 16.9 Å². The van der Waals surface area contributed by atoms with Crippen LogP contribution in [-0.2, 0) is 0 Å². The number of hydrogen-bond acceptors (Lipinski definition) is 5. The van der Waals surface area contributed by atoms with Gasteiger partial charge >= 0.3 is 5.00 Å². The summed E-state index contributed by atoms with van der Waals surface area (Å²) in [5.41, 5.74) is 3.47. The molecule has 1 aromatic carbocycles. The molecular formula is C19H14N4O3S. The molecule has 0 fully saturated rings. The number of aryl methyl sites for hydroxylation is 1. The number of carbonyl (C=O) groups is 1. The Balaban J connectivity index is 1.81. The van der Waals surface area contributed by atoms with Crippen molar-refractivity contribution in [3.05, 3.63) is 81.3 Å². The van der Waals surface area contributed by atoms with Crippen molar-refractivity contribution in [3.8, 4) is 11.3 Å². The summed E-state index contributed by atoms with van der Waals surface area (Å²) in [5.74, 6) is 0.110. The minimum atomic E-state index is -0.506. The van der Waals surface area contributed by atoms with Gasteiger partial charge in [0, 0.05) is 23.2 Å². The Labute approximate surface area is 158 Å². The lowest BCUT2D eigenvalue weighted by Crippen LogP contribution is -2.13. The third-order valence-corrected chi connectivity index (χ3v) is 5.03. The van der Waals surface area contributed by atoms with Gasteiger partial charge in [-0.25, -0.2) is 4.98 Å². The van der Waals surface area contributed by atoms with Gasteiger partial charge in [-0.1, -0.05) is 47.7 Å². The first-order valence-electron chi connectivity index (χ1n) is 8.12. The molecule has 0 aliphatic carbocycles. The molecular weight excluding hydrogens is 364 g/mol. The summed E-state index contributed by atoms with van der Waals surface area (Å²) in [5, 5.41) is 15.2. The average Bonchev–Trinajstić information content (AvgIpc) is 3.29. The Hall–Kier alpha value is -3.52. The first-order valence-corrected chi connectivity index (χ1v) is 9.00. The third-order valence-electron chi connectivity index (χ3n) is 4.15. The monoisotopic (exact) mass is 378 g/mol. The number of nitro groups is 1. The number of fused-ring (bicyclic) bond motifs is 1. The molecule has 0 aliphatic heterocycles. The van der Waals surface area contributed by atoms with Crippen LogP contribution < -0.4 is 5.32 Å². The second-order valence-electron chi connectivity index (χ2n) is 5.94. The smallest absolute Gasteiger partial charge is 0.306 e. The van der Waals surface area contributed by atoms with Gasteiger partial charge in [0.1, 0.15) is 17.2 Å². The minimum absolute atomic E-state index is 0.0718. The van der Waals surface area contributed by atoms with Crippen molar-refractivity contribution >= 4 is 33.7 Å². The summed E-state index contributed by atoms with van der Waals surface area (Å²) in [7, 11) is 0. The van der Waals surface area contributed by atoms with Gasteiger partial charge < -0.3 is 5.32 Å². The summed E-state index contributed by atoms with van der Waals surface area (Å²) in [6, 6.07) is 14.7. The van der Waals surface area contributed by atoms with E-state index in [0.29, 0.717) is 11.5 Å². The van der Waals surface area contributed by atoms with Crippen molar-refractivity contribution in [1.29, 1.82) is 0 Å². The molecule has 27 heavy (non-hydrogen) atoms. The zero-order valence-electron chi connectivity index (χ0n) is 14.2. The number of aromatic nitrogens is 2. The number of amides is 1. The van der Waals surface area contributed by atoms with Crippen molar-refractivity contribution in [2.45, 2.75) is 6.92 Å². The number of carbonyl (C=O) groups excluding carboxylic acids is 1. The maximum absolute atomic E-state index is 12.7. The lowest BCUT2D eigenvalue weighted by atomic mass is 10.1. The number of benzene rings is 1. The summed E-state index contributed by atoms with van der Waals surface area (Å²) in [6.07, 6.45) is 1.83. The van der Waals surface area contributed by atoms with Crippen LogP contribution in [0.15, 0.2) is 60.1 Å². The highest BCUT2D eigenvalue weighted by Gasteiger charge is 2.20. The molecule has 3 heterocycles. The normalized spacial score (nSPS) is 10.9. The molecule has 0 aliphatic rings. The predicted molar refractivity (Wildman–Crippen MR) is 104 cm³/mol. The van der Waals surface area contributed by atoms with Gasteiger partial charge in [-0.3, -0.25) is 19.3 Å². The van der Waals surface area contributed by atoms with Crippen molar-refractivity contribution in [2.24, 2.45) is 0 Å². The minimum Gasteiger partial charge on any atom is -0.306 e. The van der Waals surface area contributed by atoms with Crippen LogP contribution in [0.4, 0.5) is 10.8 Å². The van der Waals surface area contributed by atoms with Crippen LogP contribution in [-0.4, -0.2) is 20.2 Å². The number of nitrogens with one attached hydrogen (secondary N) is 1. The molecule has 1 N–H and O–H groups in total. The van der Waals surface area contributed by atoms with Crippen molar-refractivity contribution < 1.29 is 9.72 Å². The number of thiophene rings is 1. The molecule has 0 spiro atoms. The van der Waals surface area contributed by atoms with Crippen LogP contribution >= 0.6 is 11.3 Å². The van der Waals surface area contributed by atoms with Crippen LogP contribution in [0.1, 0.15) is 15.9 Å². The standard InChI is InChI=1S/C19H14N4O3S/c1-12-6-5-9-22-17(12)20-16(13-7-3-2-4-8-13)18(22)21-19(24)14-10-15(23(25)26)27-11-14/h2-11H,1H3,(H,21,24). The molecule has 3 aromatic heterocycles. The van der Waals surface area contributed by atoms with E-state index in [2.05, 4.69) is 5.32 Å². The number of rotatable bonds is 4. The van der Waals surface area contributed by atoms with Crippen LogP contribution in [0.2, 0.25) is 0 Å². The Morgan fingerprint density at radius 2 is 2.00 bits per heavy atom. The van der Waals surface area contributed by atoms with Gasteiger partial charge in [0.2, 0.25) is 0 Å². The fraction of sp³-hybridized carbons (Fsp3) is 0.0526. The van der Waals surface area contributed by atoms with Crippen molar-refractivity contribution in [1.82, 2.24) is 9.38 Å². The maximum atomic E-state index is 12.7. The van der Waals surface area contributed by atoms with Gasteiger partial charge in [-0.2, -0.15) is 0 Å². The van der Waals surface area contributed by atoms with Crippen LogP contribution in [0, 0.1) is 17.0 Å². The fourth-order valence-corrected chi connectivity index (χ4v) is 3.54.